The lowest BCUT2D eigenvalue weighted by molar-refractivity contribution is -0.125. The van der Waals surface area contributed by atoms with E-state index in [-0.39, 0.29) is 29.0 Å². The number of benzene rings is 2. The van der Waals surface area contributed by atoms with Crippen molar-refractivity contribution in [2.24, 2.45) is 5.92 Å². The first kappa shape index (κ1) is 23.8. The van der Waals surface area contributed by atoms with Gasteiger partial charge in [-0.05, 0) is 68.9 Å². The normalized spacial score (nSPS) is 18.6. The Balaban J connectivity index is 1.64. The molecular formula is C24H30N2O5S. The standard InChI is InChI=1S/C24H30N2O5S/c1-3-26(21-9-5-4-6-10-21)32(29,30)22-11-7-8-19(16-22)24(28)31-17-23(27)25-20-14-12-18(2)13-15-20/h4-11,16,18,20H,3,12-15,17H2,1-2H3,(H,25,27). The third-order valence-electron chi connectivity index (χ3n) is 5.70. The Kier molecular flexibility index (Phi) is 7.90. The third kappa shape index (κ3) is 5.88. The van der Waals surface area contributed by atoms with Crippen molar-refractivity contribution in [1.82, 2.24) is 5.32 Å². The minimum atomic E-state index is -3.87. The summed E-state index contributed by atoms with van der Waals surface area (Å²) in [5.74, 6) is -0.407. The summed E-state index contributed by atoms with van der Waals surface area (Å²) in [4.78, 5) is 24.6. The van der Waals surface area contributed by atoms with E-state index >= 15 is 0 Å². The first-order valence-electron chi connectivity index (χ1n) is 11.0. The number of carbonyl (C=O) groups excluding carboxylic acids is 2. The van der Waals surface area contributed by atoms with Gasteiger partial charge in [-0.1, -0.05) is 31.2 Å². The van der Waals surface area contributed by atoms with Gasteiger partial charge in [0.1, 0.15) is 0 Å². The number of sulfonamides is 1. The van der Waals surface area contributed by atoms with Gasteiger partial charge in [-0.15, -0.1) is 0 Å². The molecule has 32 heavy (non-hydrogen) atoms. The summed E-state index contributed by atoms with van der Waals surface area (Å²) in [5.41, 5.74) is 0.617. The summed E-state index contributed by atoms with van der Waals surface area (Å²) in [5, 5.41) is 2.90. The second-order valence-electron chi connectivity index (χ2n) is 8.13. The summed E-state index contributed by atoms with van der Waals surface area (Å²) in [6.07, 6.45) is 4.00. The summed E-state index contributed by atoms with van der Waals surface area (Å²) in [7, 11) is -3.87. The number of amides is 1. The van der Waals surface area contributed by atoms with Gasteiger partial charge in [0, 0.05) is 12.6 Å². The summed E-state index contributed by atoms with van der Waals surface area (Å²) < 4.78 is 32.7. The van der Waals surface area contributed by atoms with Crippen LogP contribution in [0.25, 0.3) is 0 Å². The lowest BCUT2D eigenvalue weighted by Gasteiger charge is -2.26. The van der Waals surface area contributed by atoms with E-state index in [4.69, 9.17) is 4.74 Å². The van der Waals surface area contributed by atoms with Gasteiger partial charge in [0.15, 0.2) is 6.61 Å². The van der Waals surface area contributed by atoms with Crippen LogP contribution in [0.5, 0.6) is 0 Å². The van der Waals surface area contributed by atoms with E-state index in [2.05, 4.69) is 12.2 Å². The van der Waals surface area contributed by atoms with Crippen molar-refractivity contribution in [3.05, 3.63) is 60.2 Å². The molecule has 1 amide bonds. The van der Waals surface area contributed by atoms with Gasteiger partial charge in [-0.2, -0.15) is 0 Å². The van der Waals surface area contributed by atoms with Gasteiger partial charge in [0.25, 0.3) is 15.9 Å². The Labute approximate surface area is 189 Å². The minimum Gasteiger partial charge on any atom is -0.452 e. The van der Waals surface area contributed by atoms with Crippen molar-refractivity contribution in [3.63, 3.8) is 0 Å². The second kappa shape index (κ2) is 10.6. The smallest absolute Gasteiger partial charge is 0.338 e. The molecule has 0 spiro atoms. The fourth-order valence-corrected chi connectivity index (χ4v) is 5.40. The maximum absolute atomic E-state index is 13.2. The van der Waals surface area contributed by atoms with Crippen molar-refractivity contribution in [3.8, 4) is 0 Å². The highest BCUT2D eigenvalue weighted by molar-refractivity contribution is 7.92. The Bertz CT molecular complexity index is 1030. The highest BCUT2D eigenvalue weighted by Crippen LogP contribution is 2.25. The quantitative estimate of drug-likeness (QED) is 0.608. The number of ether oxygens (including phenoxy) is 1. The molecule has 0 heterocycles. The fourth-order valence-electron chi connectivity index (χ4n) is 3.88. The van der Waals surface area contributed by atoms with E-state index in [9.17, 15) is 18.0 Å². The zero-order chi connectivity index (χ0) is 23.1. The topological polar surface area (TPSA) is 92.8 Å². The van der Waals surface area contributed by atoms with Crippen LogP contribution >= 0.6 is 0 Å². The molecule has 1 fully saturated rings. The number of nitrogens with one attached hydrogen (secondary N) is 1. The molecule has 2 aromatic rings. The molecule has 1 aliphatic rings. The molecule has 0 atom stereocenters. The lowest BCUT2D eigenvalue weighted by Crippen LogP contribution is -2.39. The largest absolute Gasteiger partial charge is 0.452 e. The molecule has 2 aromatic carbocycles. The van der Waals surface area contributed by atoms with Gasteiger partial charge in [-0.25, -0.2) is 13.2 Å². The highest BCUT2D eigenvalue weighted by atomic mass is 32.2. The minimum absolute atomic E-state index is 0.0153. The third-order valence-corrected chi connectivity index (χ3v) is 7.60. The predicted molar refractivity (Wildman–Crippen MR) is 123 cm³/mol. The Morgan fingerprint density at radius 2 is 1.72 bits per heavy atom. The monoisotopic (exact) mass is 458 g/mol. The van der Waals surface area contributed by atoms with Crippen molar-refractivity contribution < 1.29 is 22.7 Å². The first-order chi connectivity index (χ1) is 15.3. The van der Waals surface area contributed by atoms with E-state index in [1.165, 1.54) is 28.6 Å². The number of para-hydroxylation sites is 1. The molecule has 172 valence electrons. The SMILES string of the molecule is CCN(c1ccccc1)S(=O)(=O)c1cccc(C(=O)OCC(=O)NC2CCC(C)CC2)c1. The average molecular weight is 459 g/mol. The molecule has 0 radical (unpaired) electrons. The Morgan fingerprint density at radius 1 is 1.03 bits per heavy atom. The summed E-state index contributed by atoms with van der Waals surface area (Å²) >= 11 is 0. The van der Waals surface area contributed by atoms with E-state index < -0.39 is 22.6 Å². The van der Waals surface area contributed by atoms with Crippen LogP contribution in [0.1, 0.15) is 49.9 Å². The van der Waals surface area contributed by atoms with Crippen LogP contribution in [-0.4, -0.2) is 39.5 Å². The number of hydrogen-bond acceptors (Lipinski definition) is 5. The van der Waals surface area contributed by atoms with Gasteiger partial charge in [-0.3, -0.25) is 9.10 Å². The number of carbonyl (C=O) groups is 2. The predicted octanol–water partition coefficient (Wildman–Crippen LogP) is 3.75. The van der Waals surface area contributed by atoms with Crippen LogP contribution in [0.15, 0.2) is 59.5 Å². The van der Waals surface area contributed by atoms with Crippen LogP contribution in [0, 0.1) is 5.92 Å². The van der Waals surface area contributed by atoms with Gasteiger partial charge in [0.05, 0.1) is 16.1 Å². The lowest BCUT2D eigenvalue weighted by atomic mass is 9.87. The Morgan fingerprint density at radius 3 is 2.38 bits per heavy atom. The number of nitrogens with zero attached hydrogens (tertiary/aromatic N) is 1. The van der Waals surface area contributed by atoms with Crippen LogP contribution in [0.2, 0.25) is 0 Å². The molecule has 1 saturated carbocycles. The van der Waals surface area contributed by atoms with E-state index in [1.807, 2.05) is 6.07 Å². The molecule has 0 unspecified atom stereocenters. The number of rotatable bonds is 8. The summed E-state index contributed by atoms with van der Waals surface area (Å²) in [6, 6.07) is 14.6. The van der Waals surface area contributed by atoms with Gasteiger partial charge < -0.3 is 10.1 Å². The van der Waals surface area contributed by atoms with E-state index in [0.717, 1.165) is 25.7 Å². The van der Waals surface area contributed by atoms with E-state index in [1.54, 1.807) is 31.2 Å². The van der Waals surface area contributed by atoms with Crippen molar-refractivity contribution in [2.75, 3.05) is 17.5 Å². The second-order valence-corrected chi connectivity index (χ2v) is 10.00. The number of hydrogen-bond donors (Lipinski definition) is 1. The van der Waals surface area contributed by atoms with Crippen molar-refractivity contribution in [1.29, 1.82) is 0 Å². The number of anilines is 1. The molecule has 7 nitrogen and oxygen atoms in total. The summed E-state index contributed by atoms with van der Waals surface area (Å²) in [6.45, 7) is 3.79. The molecule has 0 saturated heterocycles. The molecule has 1 aliphatic carbocycles. The molecule has 0 aliphatic heterocycles. The zero-order valence-electron chi connectivity index (χ0n) is 18.5. The van der Waals surface area contributed by atoms with Crippen molar-refractivity contribution in [2.45, 2.75) is 50.5 Å². The molecular weight excluding hydrogens is 428 g/mol. The maximum atomic E-state index is 13.2. The molecule has 8 heteroatoms. The van der Waals surface area contributed by atoms with Crippen LogP contribution in [-0.2, 0) is 19.6 Å². The maximum Gasteiger partial charge on any atom is 0.338 e. The molecule has 1 N–H and O–H groups in total. The van der Waals surface area contributed by atoms with Crippen molar-refractivity contribution >= 4 is 27.6 Å². The highest BCUT2D eigenvalue weighted by Gasteiger charge is 2.25. The molecule has 0 aromatic heterocycles. The zero-order valence-corrected chi connectivity index (χ0v) is 19.3. The first-order valence-corrected chi connectivity index (χ1v) is 12.4. The van der Waals surface area contributed by atoms with Gasteiger partial charge in [0.2, 0.25) is 0 Å². The Hall–Kier alpha value is -2.87. The fraction of sp³-hybridized carbons (Fsp3) is 0.417. The van der Waals surface area contributed by atoms with Crippen LogP contribution < -0.4 is 9.62 Å². The van der Waals surface area contributed by atoms with Crippen LogP contribution in [0.4, 0.5) is 5.69 Å². The average Bonchev–Trinajstić information content (AvgIpc) is 2.80. The van der Waals surface area contributed by atoms with Crippen LogP contribution in [0.3, 0.4) is 0 Å². The molecule has 0 bridgehead atoms. The number of esters is 1. The molecule has 3 rings (SSSR count). The van der Waals surface area contributed by atoms with Gasteiger partial charge >= 0.3 is 5.97 Å². The van der Waals surface area contributed by atoms with E-state index in [0.29, 0.717) is 11.6 Å².